The molecule has 150 valence electrons. The summed E-state index contributed by atoms with van der Waals surface area (Å²) < 4.78 is 73.8. The summed E-state index contributed by atoms with van der Waals surface area (Å²) in [5.41, 5.74) is -0.869. The van der Waals surface area contributed by atoms with E-state index in [2.05, 4.69) is 5.32 Å². The number of hydrogen-bond donors (Lipinski definition) is 1. The minimum Gasteiger partial charge on any atom is -0.454 e. The fraction of sp³-hybridized carbons (Fsp3) is 0.235. The second kappa shape index (κ2) is 7.23. The molecule has 11 heteroatoms. The van der Waals surface area contributed by atoms with Crippen LogP contribution in [0, 0.1) is 0 Å². The molecule has 0 bridgehead atoms. The molecule has 0 spiro atoms. The number of hydrogen-bond acceptors (Lipinski definition) is 5. The first-order valence-corrected chi connectivity index (χ1v) is 9.73. The Hall–Kier alpha value is -2.95. The molecular weight excluding hydrogens is 401 g/mol. The van der Waals surface area contributed by atoms with Crippen LogP contribution < -0.4 is 19.1 Å². The number of sulfonamides is 1. The third kappa shape index (κ3) is 4.47. The normalized spacial score (nSPS) is 13.3. The van der Waals surface area contributed by atoms with Gasteiger partial charge in [-0.3, -0.25) is 9.10 Å². The Morgan fingerprint density at radius 2 is 1.86 bits per heavy atom. The minimum absolute atomic E-state index is 0.00626. The van der Waals surface area contributed by atoms with Gasteiger partial charge in [0.2, 0.25) is 22.7 Å². The van der Waals surface area contributed by atoms with Gasteiger partial charge >= 0.3 is 6.18 Å². The van der Waals surface area contributed by atoms with Crippen LogP contribution in [0.4, 0.5) is 24.5 Å². The number of rotatable bonds is 5. The molecule has 0 aromatic heterocycles. The van der Waals surface area contributed by atoms with Crippen molar-refractivity contribution in [1.29, 1.82) is 0 Å². The zero-order chi connectivity index (χ0) is 20.5. The van der Waals surface area contributed by atoms with E-state index < -0.39 is 34.2 Å². The fourth-order valence-corrected chi connectivity index (χ4v) is 3.39. The first-order chi connectivity index (χ1) is 13.0. The zero-order valence-electron chi connectivity index (χ0n) is 14.5. The largest absolute Gasteiger partial charge is 0.454 e. The molecule has 0 fully saturated rings. The number of carbonyl (C=O) groups is 1. The highest BCUT2D eigenvalue weighted by Crippen LogP contribution is 2.36. The lowest BCUT2D eigenvalue weighted by atomic mass is 10.2. The van der Waals surface area contributed by atoms with Crippen LogP contribution in [0.15, 0.2) is 42.5 Å². The molecule has 0 saturated heterocycles. The van der Waals surface area contributed by atoms with E-state index in [0.717, 1.165) is 28.8 Å². The van der Waals surface area contributed by atoms with Gasteiger partial charge in [0, 0.05) is 11.8 Å². The predicted octanol–water partition coefficient (Wildman–Crippen LogP) is 2.84. The third-order valence-corrected chi connectivity index (χ3v) is 4.95. The molecule has 0 radical (unpaired) electrons. The quantitative estimate of drug-likeness (QED) is 0.810. The van der Waals surface area contributed by atoms with Crippen molar-refractivity contribution < 1.29 is 35.9 Å². The molecule has 0 atom stereocenters. The van der Waals surface area contributed by atoms with E-state index in [1.165, 1.54) is 24.3 Å². The SMILES string of the molecule is CS(=O)(=O)N(CC(=O)Nc1cccc(C(F)(F)F)c1)c1ccc2c(c1)OCO2. The summed E-state index contributed by atoms with van der Waals surface area (Å²) in [6.45, 7) is -0.636. The molecule has 1 aliphatic rings. The average Bonchev–Trinajstić information content (AvgIpc) is 3.06. The van der Waals surface area contributed by atoms with Gasteiger partial charge in [-0.25, -0.2) is 8.42 Å². The van der Waals surface area contributed by atoms with E-state index in [-0.39, 0.29) is 18.2 Å². The summed E-state index contributed by atoms with van der Waals surface area (Å²) in [6, 6.07) is 8.39. The molecule has 0 unspecified atom stereocenters. The summed E-state index contributed by atoms with van der Waals surface area (Å²) in [6.07, 6.45) is -3.65. The molecule has 1 amide bonds. The number of alkyl halides is 3. The maximum Gasteiger partial charge on any atom is 0.416 e. The molecule has 2 aromatic carbocycles. The topological polar surface area (TPSA) is 84.9 Å². The molecule has 0 aliphatic carbocycles. The maximum atomic E-state index is 12.8. The summed E-state index contributed by atoms with van der Waals surface area (Å²) in [4.78, 5) is 12.3. The van der Waals surface area contributed by atoms with E-state index in [9.17, 15) is 26.4 Å². The number of nitrogens with one attached hydrogen (secondary N) is 1. The number of nitrogens with zero attached hydrogens (tertiary/aromatic N) is 1. The highest BCUT2D eigenvalue weighted by molar-refractivity contribution is 7.92. The van der Waals surface area contributed by atoms with E-state index in [0.29, 0.717) is 11.5 Å². The van der Waals surface area contributed by atoms with Gasteiger partial charge in [0.05, 0.1) is 17.5 Å². The zero-order valence-corrected chi connectivity index (χ0v) is 15.3. The van der Waals surface area contributed by atoms with Crippen molar-refractivity contribution >= 4 is 27.3 Å². The average molecular weight is 416 g/mol. The summed E-state index contributed by atoms with van der Waals surface area (Å²) in [7, 11) is -3.86. The number of fused-ring (bicyclic) bond motifs is 1. The molecule has 1 heterocycles. The van der Waals surface area contributed by atoms with Crippen molar-refractivity contribution in [3.8, 4) is 11.5 Å². The Labute approximate surface area is 158 Å². The van der Waals surface area contributed by atoms with Crippen molar-refractivity contribution in [2.24, 2.45) is 0 Å². The Balaban J connectivity index is 1.80. The van der Waals surface area contributed by atoms with Gasteiger partial charge < -0.3 is 14.8 Å². The molecule has 1 N–H and O–H groups in total. The van der Waals surface area contributed by atoms with Crippen molar-refractivity contribution in [2.45, 2.75) is 6.18 Å². The Kier molecular flexibility index (Phi) is 5.11. The van der Waals surface area contributed by atoms with Crippen LogP contribution in [0.2, 0.25) is 0 Å². The number of anilines is 2. The molecule has 28 heavy (non-hydrogen) atoms. The molecule has 3 rings (SSSR count). The first-order valence-electron chi connectivity index (χ1n) is 7.88. The maximum absolute atomic E-state index is 12.8. The second-order valence-electron chi connectivity index (χ2n) is 5.93. The monoisotopic (exact) mass is 416 g/mol. The highest BCUT2D eigenvalue weighted by atomic mass is 32.2. The van der Waals surface area contributed by atoms with E-state index in [1.807, 2.05) is 0 Å². The smallest absolute Gasteiger partial charge is 0.416 e. The molecule has 7 nitrogen and oxygen atoms in total. The second-order valence-corrected chi connectivity index (χ2v) is 7.84. The molecule has 0 saturated carbocycles. The number of carbonyl (C=O) groups excluding carboxylic acids is 1. The van der Waals surface area contributed by atoms with Gasteiger partial charge in [0.25, 0.3) is 0 Å². The predicted molar refractivity (Wildman–Crippen MR) is 94.8 cm³/mol. The Morgan fingerprint density at radius 1 is 1.14 bits per heavy atom. The van der Waals surface area contributed by atoms with Gasteiger partial charge in [0.1, 0.15) is 6.54 Å². The van der Waals surface area contributed by atoms with Crippen LogP contribution in [0.1, 0.15) is 5.56 Å². The van der Waals surface area contributed by atoms with Gasteiger partial charge in [-0.2, -0.15) is 13.2 Å². The van der Waals surface area contributed by atoms with Gasteiger partial charge in [-0.1, -0.05) is 6.07 Å². The van der Waals surface area contributed by atoms with E-state index in [1.54, 1.807) is 0 Å². The molecule has 2 aromatic rings. The van der Waals surface area contributed by atoms with E-state index in [4.69, 9.17) is 9.47 Å². The van der Waals surface area contributed by atoms with Crippen LogP contribution in [0.3, 0.4) is 0 Å². The number of ether oxygens (including phenoxy) is 2. The first kappa shape index (κ1) is 19.8. The number of benzene rings is 2. The van der Waals surface area contributed by atoms with Gasteiger partial charge in [-0.05, 0) is 30.3 Å². The Bertz CT molecular complexity index is 1010. The summed E-state index contributed by atoms with van der Waals surface area (Å²) >= 11 is 0. The Morgan fingerprint density at radius 3 is 2.54 bits per heavy atom. The number of halogens is 3. The van der Waals surface area contributed by atoms with Crippen LogP contribution in [-0.4, -0.2) is 33.9 Å². The van der Waals surface area contributed by atoms with Gasteiger partial charge in [-0.15, -0.1) is 0 Å². The minimum atomic E-state index is -4.56. The van der Waals surface area contributed by atoms with Crippen LogP contribution in [-0.2, 0) is 21.0 Å². The van der Waals surface area contributed by atoms with Crippen molar-refractivity contribution in [3.63, 3.8) is 0 Å². The fourth-order valence-electron chi connectivity index (χ4n) is 2.54. The lowest BCUT2D eigenvalue weighted by Crippen LogP contribution is -2.37. The molecule has 1 aliphatic heterocycles. The lowest BCUT2D eigenvalue weighted by molar-refractivity contribution is -0.137. The van der Waals surface area contributed by atoms with Crippen LogP contribution in [0.25, 0.3) is 0 Å². The van der Waals surface area contributed by atoms with Crippen molar-refractivity contribution in [3.05, 3.63) is 48.0 Å². The van der Waals surface area contributed by atoms with Gasteiger partial charge in [0.15, 0.2) is 11.5 Å². The number of amides is 1. The van der Waals surface area contributed by atoms with E-state index >= 15 is 0 Å². The standard InChI is InChI=1S/C17H15F3N2O5S/c1-28(24,25)22(13-5-6-14-15(8-13)27-10-26-14)9-16(23)21-12-4-2-3-11(7-12)17(18,19)20/h2-8H,9-10H2,1H3,(H,21,23). The van der Waals surface area contributed by atoms with Crippen LogP contribution >= 0.6 is 0 Å². The lowest BCUT2D eigenvalue weighted by Gasteiger charge is -2.22. The summed E-state index contributed by atoms with van der Waals surface area (Å²) in [5, 5.41) is 2.28. The van der Waals surface area contributed by atoms with Crippen LogP contribution in [0.5, 0.6) is 11.5 Å². The highest BCUT2D eigenvalue weighted by Gasteiger charge is 2.30. The summed E-state index contributed by atoms with van der Waals surface area (Å²) in [5.74, 6) is -0.0440. The molecular formula is C17H15F3N2O5S. The van der Waals surface area contributed by atoms with Crippen molar-refractivity contribution in [2.75, 3.05) is 29.2 Å². The van der Waals surface area contributed by atoms with Crippen molar-refractivity contribution in [1.82, 2.24) is 0 Å². The third-order valence-electron chi connectivity index (χ3n) is 3.81.